The third-order valence-electron chi connectivity index (χ3n) is 5.52. The number of sulfonamides is 1. The molecular weight excluding hydrogens is 548 g/mol. The number of halogens is 3. The lowest BCUT2D eigenvalue weighted by Crippen LogP contribution is -2.30. The van der Waals surface area contributed by atoms with Crippen LogP contribution in [0.1, 0.15) is 16.7 Å². The number of amides is 1. The van der Waals surface area contributed by atoms with E-state index in [2.05, 4.69) is 10.3 Å². The summed E-state index contributed by atoms with van der Waals surface area (Å²) < 4.78 is 42.0. The third kappa shape index (κ3) is 7.26. The van der Waals surface area contributed by atoms with E-state index in [1.807, 2.05) is 0 Å². The maximum absolute atomic E-state index is 13.7. The number of aromatic nitrogens is 1. The van der Waals surface area contributed by atoms with Crippen molar-refractivity contribution in [3.8, 4) is 0 Å². The molecule has 0 bridgehead atoms. The van der Waals surface area contributed by atoms with Crippen LogP contribution in [-0.2, 0) is 27.9 Å². The van der Waals surface area contributed by atoms with Crippen LogP contribution >= 0.6 is 23.2 Å². The van der Waals surface area contributed by atoms with Gasteiger partial charge in [0, 0.05) is 47.3 Å². The molecule has 1 N–H and O–H groups in total. The zero-order valence-corrected chi connectivity index (χ0v) is 22.2. The van der Waals surface area contributed by atoms with Crippen LogP contribution in [-0.4, -0.2) is 23.6 Å². The normalized spacial score (nSPS) is 11.7. The van der Waals surface area contributed by atoms with E-state index in [1.165, 1.54) is 58.9 Å². The maximum atomic E-state index is 13.7. The molecule has 0 aliphatic carbocycles. The molecule has 1 amide bonds. The number of anilines is 1. The van der Waals surface area contributed by atoms with Gasteiger partial charge in [-0.3, -0.25) is 9.78 Å². The fourth-order valence-electron chi connectivity index (χ4n) is 3.56. The summed E-state index contributed by atoms with van der Waals surface area (Å²) in [5.41, 5.74) is 2.36. The second-order valence-electron chi connectivity index (χ2n) is 8.26. The lowest BCUT2D eigenvalue weighted by atomic mass is 10.2. The smallest absolute Gasteiger partial charge is 0.248 e. The number of benzene rings is 3. The lowest BCUT2D eigenvalue weighted by molar-refractivity contribution is -0.111. The number of rotatable bonds is 9. The zero-order valence-electron chi connectivity index (χ0n) is 19.9. The molecule has 0 saturated heterocycles. The monoisotopic (exact) mass is 569 g/mol. The Hall–Kier alpha value is -3.56. The van der Waals surface area contributed by atoms with Crippen molar-refractivity contribution in [1.29, 1.82) is 0 Å². The number of carbonyl (C=O) groups excluding carboxylic acids is 1. The number of nitrogens with one attached hydrogen (secondary N) is 1. The first-order chi connectivity index (χ1) is 18.2. The minimum atomic E-state index is -4.02. The molecule has 0 saturated carbocycles. The molecular formula is C28H22Cl2FN3O3S. The van der Waals surface area contributed by atoms with Crippen LogP contribution in [0.3, 0.4) is 0 Å². The highest BCUT2D eigenvalue weighted by atomic mass is 35.5. The summed E-state index contributed by atoms with van der Waals surface area (Å²) in [5.74, 6) is -0.791. The molecule has 4 rings (SSSR count). The highest BCUT2D eigenvalue weighted by molar-refractivity contribution is 7.89. The van der Waals surface area contributed by atoms with Gasteiger partial charge < -0.3 is 5.32 Å². The molecule has 10 heteroatoms. The minimum Gasteiger partial charge on any atom is -0.323 e. The van der Waals surface area contributed by atoms with Crippen molar-refractivity contribution in [2.24, 2.45) is 0 Å². The summed E-state index contributed by atoms with van der Waals surface area (Å²) in [6.07, 6.45) is 6.26. The molecule has 0 radical (unpaired) electrons. The SMILES string of the molecule is O=C(/C=C/c1ccncc1)Nc1ccc(S(=O)(=O)N(Cc2ccc(F)cc2)Cc2cc(Cl)ccc2Cl)cc1. The van der Waals surface area contributed by atoms with Crippen LogP contribution in [0.25, 0.3) is 6.08 Å². The second kappa shape index (κ2) is 12.3. The van der Waals surface area contributed by atoms with Gasteiger partial charge in [0.2, 0.25) is 15.9 Å². The van der Waals surface area contributed by atoms with Crippen molar-refractivity contribution < 1.29 is 17.6 Å². The summed E-state index contributed by atoms with van der Waals surface area (Å²) >= 11 is 12.4. The van der Waals surface area contributed by atoms with Crippen molar-refractivity contribution in [3.05, 3.63) is 130 Å². The van der Waals surface area contributed by atoms with Crippen LogP contribution in [0.15, 0.2) is 102 Å². The van der Waals surface area contributed by atoms with E-state index in [4.69, 9.17) is 23.2 Å². The zero-order chi connectivity index (χ0) is 27.1. The number of pyridine rings is 1. The average Bonchev–Trinajstić information content (AvgIpc) is 2.91. The molecule has 0 aliphatic heterocycles. The molecule has 0 aliphatic rings. The van der Waals surface area contributed by atoms with Crippen LogP contribution < -0.4 is 5.32 Å². The molecule has 1 aromatic heterocycles. The first-order valence-corrected chi connectivity index (χ1v) is 13.6. The van der Waals surface area contributed by atoms with E-state index in [1.54, 1.807) is 48.8 Å². The largest absolute Gasteiger partial charge is 0.323 e. The Balaban J connectivity index is 1.55. The van der Waals surface area contributed by atoms with Gasteiger partial charge in [-0.15, -0.1) is 0 Å². The van der Waals surface area contributed by atoms with Crippen LogP contribution in [0.2, 0.25) is 10.0 Å². The van der Waals surface area contributed by atoms with Crippen LogP contribution in [0, 0.1) is 5.82 Å². The van der Waals surface area contributed by atoms with Gasteiger partial charge in [-0.25, -0.2) is 12.8 Å². The van der Waals surface area contributed by atoms with Gasteiger partial charge in [-0.2, -0.15) is 4.31 Å². The summed E-state index contributed by atoms with van der Waals surface area (Å²) in [6, 6.07) is 19.8. The highest BCUT2D eigenvalue weighted by Gasteiger charge is 2.26. The summed E-state index contributed by atoms with van der Waals surface area (Å²) in [7, 11) is -4.02. The predicted molar refractivity (Wildman–Crippen MR) is 148 cm³/mol. The Labute approximate surface area is 230 Å². The molecule has 3 aromatic carbocycles. The van der Waals surface area contributed by atoms with E-state index in [-0.39, 0.29) is 23.9 Å². The Bertz CT molecular complexity index is 1550. The molecule has 6 nitrogen and oxygen atoms in total. The summed E-state index contributed by atoms with van der Waals surface area (Å²) in [4.78, 5) is 16.2. The molecule has 0 unspecified atom stereocenters. The Morgan fingerprint density at radius 3 is 2.29 bits per heavy atom. The quantitative estimate of drug-likeness (QED) is 0.231. The van der Waals surface area contributed by atoms with Gasteiger partial charge in [-0.05, 0) is 89.5 Å². The number of hydrogen-bond donors (Lipinski definition) is 1. The number of carbonyl (C=O) groups is 1. The van der Waals surface area contributed by atoms with Gasteiger partial charge in [0.25, 0.3) is 0 Å². The molecule has 38 heavy (non-hydrogen) atoms. The summed E-state index contributed by atoms with van der Waals surface area (Å²) in [5, 5.41) is 3.49. The fourth-order valence-corrected chi connectivity index (χ4v) is 5.34. The molecule has 4 aromatic rings. The fraction of sp³-hybridized carbons (Fsp3) is 0.0714. The maximum Gasteiger partial charge on any atom is 0.248 e. The Morgan fingerprint density at radius 1 is 0.921 bits per heavy atom. The third-order valence-corrected chi connectivity index (χ3v) is 7.93. The van der Waals surface area contributed by atoms with E-state index in [0.29, 0.717) is 26.9 Å². The van der Waals surface area contributed by atoms with E-state index in [0.717, 1.165) is 5.56 Å². The van der Waals surface area contributed by atoms with Crippen molar-refractivity contribution in [2.45, 2.75) is 18.0 Å². The summed E-state index contributed by atoms with van der Waals surface area (Å²) in [6.45, 7) is -0.0822. The molecule has 1 heterocycles. The molecule has 0 fully saturated rings. The number of hydrogen-bond acceptors (Lipinski definition) is 4. The highest BCUT2D eigenvalue weighted by Crippen LogP contribution is 2.27. The first kappa shape index (κ1) is 27.5. The van der Waals surface area contributed by atoms with Gasteiger partial charge in [-0.1, -0.05) is 35.3 Å². The van der Waals surface area contributed by atoms with Gasteiger partial charge in [0.05, 0.1) is 4.90 Å². The average molecular weight is 570 g/mol. The topological polar surface area (TPSA) is 79.4 Å². The Morgan fingerprint density at radius 2 is 1.61 bits per heavy atom. The minimum absolute atomic E-state index is 0.0167. The van der Waals surface area contributed by atoms with Crippen LogP contribution in [0.5, 0.6) is 0 Å². The van der Waals surface area contributed by atoms with E-state index < -0.39 is 15.8 Å². The predicted octanol–water partition coefficient (Wildman–Crippen LogP) is 6.57. The van der Waals surface area contributed by atoms with Gasteiger partial charge in [0.1, 0.15) is 5.82 Å². The van der Waals surface area contributed by atoms with E-state index >= 15 is 0 Å². The first-order valence-electron chi connectivity index (χ1n) is 11.4. The van der Waals surface area contributed by atoms with Gasteiger partial charge >= 0.3 is 0 Å². The van der Waals surface area contributed by atoms with Crippen molar-refractivity contribution in [1.82, 2.24) is 9.29 Å². The standard InChI is InChI=1S/C28H22Cl2FN3O3S/c29-23-4-11-27(30)22(17-23)19-34(18-21-1-5-24(31)6-2-21)38(36,37)26-9-7-25(8-10-26)33-28(35)12-3-20-13-15-32-16-14-20/h1-17H,18-19H2,(H,33,35)/b12-3+. The molecule has 0 atom stereocenters. The number of nitrogens with zero attached hydrogens (tertiary/aromatic N) is 2. The van der Waals surface area contributed by atoms with Crippen LogP contribution in [0.4, 0.5) is 10.1 Å². The van der Waals surface area contributed by atoms with Crippen molar-refractivity contribution >= 4 is 50.9 Å². The second-order valence-corrected chi connectivity index (χ2v) is 11.0. The lowest BCUT2D eigenvalue weighted by Gasteiger charge is -2.23. The van der Waals surface area contributed by atoms with E-state index in [9.17, 15) is 17.6 Å². The molecule has 0 spiro atoms. The van der Waals surface area contributed by atoms with Crippen molar-refractivity contribution in [2.75, 3.05) is 5.32 Å². The Kier molecular flexibility index (Phi) is 8.91. The van der Waals surface area contributed by atoms with Gasteiger partial charge in [0.15, 0.2) is 0 Å². The molecule has 194 valence electrons. The van der Waals surface area contributed by atoms with Crippen molar-refractivity contribution in [3.63, 3.8) is 0 Å².